The van der Waals surface area contributed by atoms with Crippen molar-refractivity contribution in [1.29, 1.82) is 0 Å². The molecule has 0 bridgehead atoms. The van der Waals surface area contributed by atoms with E-state index in [-0.39, 0.29) is 13.0 Å². The molecule has 1 rings (SSSR count). The lowest BCUT2D eigenvalue weighted by molar-refractivity contribution is -0.174. The van der Waals surface area contributed by atoms with Crippen molar-refractivity contribution in [2.24, 2.45) is 5.73 Å². The lowest BCUT2D eigenvalue weighted by atomic mass is 9.97. The van der Waals surface area contributed by atoms with Crippen LogP contribution in [0.4, 0.5) is 26.3 Å². The van der Waals surface area contributed by atoms with E-state index >= 15 is 0 Å². The Labute approximate surface area is 117 Å². The van der Waals surface area contributed by atoms with Crippen molar-refractivity contribution in [3.05, 3.63) is 34.9 Å². The Bertz CT molecular complexity index is 469. The number of halogens is 6. The molecule has 21 heavy (non-hydrogen) atoms. The molecule has 0 radical (unpaired) electrons. The Morgan fingerprint density at radius 2 is 1.76 bits per heavy atom. The zero-order valence-corrected chi connectivity index (χ0v) is 11.2. The van der Waals surface area contributed by atoms with Crippen LogP contribution < -0.4 is 5.73 Å². The first kappa shape index (κ1) is 17.8. The number of aryl methyl sites for hydroxylation is 1. The van der Waals surface area contributed by atoms with Gasteiger partial charge < -0.3 is 10.5 Å². The van der Waals surface area contributed by atoms with Gasteiger partial charge in [0.2, 0.25) is 0 Å². The summed E-state index contributed by atoms with van der Waals surface area (Å²) in [5.41, 5.74) is 5.77. The zero-order chi connectivity index (χ0) is 16.3. The summed E-state index contributed by atoms with van der Waals surface area (Å²) in [6, 6.07) is 2.43. The van der Waals surface area contributed by atoms with Crippen LogP contribution >= 0.6 is 0 Å². The molecule has 0 saturated carbocycles. The van der Waals surface area contributed by atoms with Crippen LogP contribution in [0.3, 0.4) is 0 Å². The largest absolute Gasteiger partial charge is 0.416 e. The smallest absolute Gasteiger partial charge is 0.372 e. The maximum atomic E-state index is 12.5. The average molecular weight is 315 g/mol. The van der Waals surface area contributed by atoms with Gasteiger partial charge in [0.05, 0.1) is 5.56 Å². The van der Waals surface area contributed by atoms with E-state index in [1.54, 1.807) is 0 Å². The molecular weight excluding hydrogens is 300 g/mol. The molecule has 1 aromatic rings. The highest BCUT2D eigenvalue weighted by Crippen LogP contribution is 2.31. The van der Waals surface area contributed by atoms with E-state index < -0.39 is 30.6 Å². The Morgan fingerprint density at radius 1 is 1.14 bits per heavy atom. The molecule has 2 nitrogen and oxygen atoms in total. The maximum Gasteiger partial charge on any atom is 0.416 e. The molecule has 0 spiro atoms. The summed E-state index contributed by atoms with van der Waals surface area (Å²) in [6.07, 6.45) is -8.76. The van der Waals surface area contributed by atoms with E-state index in [0.717, 1.165) is 12.1 Å². The van der Waals surface area contributed by atoms with Crippen LogP contribution in [-0.2, 0) is 10.9 Å². The van der Waals surface area contributed by atoms with Crippen LogP contribution in [0.2, 0.25) is 0 Å². The van der Waals surface area contributed by atoms with E-state index in [1.807, 2.05) is 0 Å². The SMILES string of the molecule is Cc1cc(C(F)(F)F)ccc1C(N)CCOCC(F)(F)F. The molecule has 0 heterocycles. The third-order valence-electron chi connectivity index (χ3n) is 2.84. The molecule has 0 fully saturated rings. The van der Waals surface area contributed by atoms with Crippen LogP contribution in [0.15, 0.2) is 18.2 Å². The van der Waals surface area contributed by atoms with Gasteiger partial charge in [-0.2, -0.15) is 26.3 Å². The summed E-state index contributed by atoms with van der Waals surface area (Å²) in [4.78, 5) is 0. The first-order valence-electron chi connectivity index (χ1n) is 6.08. The molecule has 0 aliphatic carbocycles. The summed E-state index contributed by atoms with van der Waals surface area (Å²) >= 11 is 0. The minimum atomic E-state index is -4.44. The number of nitrogens with two attached hydrogens (primary N) is 1. The Hall–Kier alpha value is -1.28. The van der Waals surface area contributed by atoms with E-state index in [0.29, 0.717) is 11.1 Å². The van der Waals surface area contributed by atoms with Gasteiger partial charge in [-0.05, 0) is 36.6 Å². The molecule has 0 aliphatic heterocycles. The quantitative estimate of drug-likeness (QED) is 0.659. The fourth-order valence-electron chi connectivity index (χ4n) is 1.82. The predicted octanol–water partition coefficient (Wildman–Crippen LogP) is 3.98. The first-order valence-corrected chi connectivity index (χ1v) is 6.08. The van der Waals surface area contributed by atoms with Crippen molar-refractivity contribution in [3.8, 4) is 0 Å². The van der Waals surface area contributed by atoms with Crippen LogP contribution in [0, 0.1) is 6.92 Å². The average Bonchev–Trinajstić information content (AvgIpc) is 2.32. The molecule has 2 N–H and O–H groups in total. The number of benzene rings is 1. The molecule has 0 aliphatic rings. The summed E-state index contributed by atoms with van der Waals surface area (Å²) in [5.74, 6) is 0. The fraction of sp³-hybridized carbons (Fsp3) is 0.538. The Kier molecular flexibility index (Phi) is 5.63. The Morgan fingerprint density at radius 3 is 2.24 bits per heavy atom. The molecule has 120 valence electrons. The van der Waals surface area contributed by atoms with Gasteiger partial charge in [-0.3, -0.25) is 0 Å². The van der Waals surface area contributed by atoms with Gasteiger partial charge in [0.25, 0.3) is 0 Å². The highest BCUT2D eigenvalue weighted by molar-refractivity contribution is 5.34. The molecule has 1 aromatic carbocycles. The van der Waals surface area contributed by atoms with Gasteiger partial charge in [0.1, 0.15) is 6.61 Å². The molecule has 0 saturated heterocycles. The van der Waals surface area contributed by atoms with Gasteiger partial charge in [-0.15, -0.1) is 0 Å². The van der Waals surface area contributed by atoms with Crippen LogP contribution in [-0.4, -0.2) is 19.4 Å². The standard InChI is InChI=1S/C13H15F6NO/c1-8-6-9(13(17,18)19)2-3-10(8)11(20)4-5-21-7-12(14,15)16/h2-3,6,11H,4-5,7,20H2,1H3. The van der Waals surface area contributed by atoms with Crippen molar-refractivity contribution < 1.29 is 31.1 Å². The summed E-state index contributed by atoms with van der Waals surface area (Å²) in [7, 11) is 0. The zero-order valence-electron chi connectivity index (χ0n) is 11.2. The predicted molar refractivity (Wildman–Crippen MR) is 64.6 cm³/mol. The van der Waals surface area contributed by atoms with Crippen molar-refractivity contribution in [2.75, 3.05) is 13.2 Å². The lowest BCUT2D eigenvalue weighted by Crippen LogP contribution is -2.20. The van der Waals surface area contributed by atoms with Crippen molar-refractivity contribution in [1.82, 2.24) is 0 Å². The second-order valence-corrected chi connectivity index (χ2v) is 4.63. The first-order chi connectivity index (χ1) is 9.50. The van der Waals surface area contributed by atoms with Crippen molar-refractivity contribution in [3.63, 3.8) is 0 Å². The number of rotatable bonds is 5. The molecule has 0 amide bonds. The summed E-state index contributed by atoms with van der Waals surface area (Å²) in [5, 5.41) is 0. The van der Waals surface area contributed by atoms with Crippen LogP contribution in [0.1, 0.15) is 29.2 Å². The second kappa shape index (κ2) is 6.65. The number of hydrogen-bond donors (Lipinski definition) is 1. The molecular formula is C13H15F6NO. The topological polar surface area (TPSA) is 35.2 Å². The van der Waals surface area contributed by atoms with Crippen LogP contribution in [0.25, 0.3) is 0 Å². The minimum Gasteiger partial charge on any atom is -0.372 e. The molecule has 8 heteroatoms. The van der Waals surface area contributed by atoms with Crippen molar-refractivity contribution >= 4 is 0 Å². The third kappa shape index (κ3) is 5.92. The fourth-order valence-corrected chi connectivity index (χ4v) is 1.82. The van der Waals surface area contributed by atoms with Gasteiger partial charge in [0.15, 0.2) is 0 Å². The molecule has 1 unspecified atom stereocenters. The summed E-state index contributed by atoms with van der Waals surface area (Å²) < 4.78 is 77.5. The number of hydrogen-bond acceptors (Lipinski definition) is 2. The molecule has 1 atom stereocenters. The van der Waals surface area contributed by atoms with Crippen LogP contribution in [0.5, 0.6) is 0 Å². The van der Waals surface area contributed by atoms with Gasteiger partial charge in [-0.25, -0.2) is 0 Å². The normalized spacial score (nSPS) is 14.3. The van der Waals surface area contributed by atoms with E-state index in [4.69, 9.17) is 5.73 Å². The highest BCUT2D eigenvalue weighted by Gasteiger charge is 2.31. The summed E-state index contributed by atoms with van der Waals surface area (Å²) in [6.45, 7) is -0.117. The number of ether oxygens (including phenoxy) is 1. The van der Waals surface area contributed by atoms with Crippen molar-refractivity contribution in [2.45, 2.75) is 31.7 Å². The van der Waals surface area contributed by atoms with E-state index in [9.17, 15) is 26.3 Å². The molecule has 0 aromatic heterocycles. The Balaban J connectivity index is 2.61. The van der Waals surface area contributed by atoms with Gasteiger partial charge >= 0.3 is 12.4 Å². The van der Waals surface area contributed by atoms with Gasteiger partial charge in [-0.1, -0.05) is 6.07 Å². The third-order valence-corrected chi connectivity index (χ3v) is 2.84. The van der Waals surface area contributed by atoms with E-state index in [2.05, 4.69) is 4.74 Å². The van der Waals surface area contributed by atoms with E-state index in [1.165, 1.54) is 13.0 Å². The second-order valence-electron chi connectivity index (χ2n) is 4.63. The lowest BCUT2D eigenvalue weighted by Gasteiger charge is -2.17. The monoisotopic (exact) mass is 315 g/mol. The highest BCUT2D eigenvalue weighted by atomic mass is 19.4. The maximum absolute atomic E-state index is 12.5. The number of alkyl halides is 6. The van der Waals surface area contributed by atoms with Gasteiger partial charge in [0, 0.05) is 12.6 Å². The minimum absolute atomic E-state index is 0.0856.